The standard InChI is InChI=1S/C11H10N4S/c1-6-10(16-7(2)13-6)11-14-8-3-4-12-5-9(8)15-11/h3-5H,1-2H3,(H,14,15). The molecule has 3 rings (SSSR count). The molecule has 3 aromatic heterocycles. The molecule has 80 valence electrons. The Labute approximate surface area is 96.4 Å². The summed E-state index contributed by atoms with van der Waals surface area (Å²) in [6.07, 6.45) is 3.53. The van der Waals surface area contributed by atoms with Crippen LogP contribution in [0.25, 0.3) is 21.7 Å². The Morgan fingerprint density at radius 3 is 2.81 bits per heavy atom. The van der Waals surface area contributed by atoms with Crippen LogP contribution in [0.1, 0.15) is 10.7 Å². The van der Waals surface area contributed by atoms with Gasteiger partial charge in [-0.25, -0.2) is 9.97 Å². The SMILES string of the molecule is Cc1nc(C)c(-c2nc3ccncc3[nH]2)s1. The number of fused-ring (bicyclic) bond motifs is 1. The summed E-state index contributed by atoms with van der Waals surface area (Å²) in [5, 5.41) is 1.06. The summed E-state index contributed by atoms with van der Waals surface area (Å²) >= 11 is 1.66. The number of imidazole rings is 1. The summed E-state index contributed by atoms with van der Waals surface area (Å²) in [5.74, 6) is 0.881. The molecule has 4 nitrogen and oxygen atoms in total. The molecule has 0 amide bonds. The molecule has 3 heterocycles. The highest BCUT2D eigenvalue weighted by Gasteiger charge is 2.11. The van der Waals surface area contributed by atoms with Crippen LogP contribution in [0, 0.1) is 13.8 Å². The van der Waals surface area contributed by atoms with Gasteiger partial charge in [-0.05, 0) is 19.9 Å². The fraction of sp³-hybridized carbons (Fsp3) is 0.182. The molecular weight excluding hydrogens is 220 g/mol. The molecule has 0 aliphatic rings. The van der Waals surface area contributed by atoms with Crippen molar-refractivity contribution < 1.29 is 0 Å². The molecule has 3 aromatic rings. The molecule has 16 heavy (non-hydrogen) atoms. The van der Waals surface area contributed by atoms with E-state index in [2.05, 4.69) is 19.9 Å². The van der Waals surface area contributed by atoms with Gasteiger partial charge in [0.15, 0.2) is 5.82 Å². The number of nitrogens with zero attached hydrogens (tertiary/aromatic N) is 3. The van der Waals surface area contributed by atoms with Crippen LogP contribution in [-0.2, 0) is 0 Å². The van der Waals surface area contributed by atoms with E-state index < -0.39 is 0 Å². The second-order valence-corrected chi connectivity index (χ2v) is 4.83. The predicted octanol–water partition coefficient (Wildman–Crippen LogP) is 2.70. The zero-order valence-electron chi connectivity index (χ0n) is 8.98. The molecule has 0 saturated carbocycles. The third-order valence-corrected chi connectivity index (χ3v) is 3.48. The normalized spacial score (nSPS) is 11.1. The lowest BCUT2D eigenvalue weighted by Crippen LogP contribution is -1.79. The number of hydrogen-bond acceptors (Lipinski definition) is 4. The first-order valence-electron chi connectivity index (χ1n) is 4.98. The number of H-pyrrole nitrogens is 1. The topological polar surface area (TPSA) is 54.5 Å². The van der Waals surface area contributed by atoms with Crippen LogP contribution in [0.2, 0.25) is 0 Å². The van der Waals surface area contributed by atoms with Crippen molar-refractivity contribution in [2.75, 3.05) is 0 Å². The Morgan fingerprint density at radius 1 is 1.25 bits per heavy atom. The van der Waals surface area contributed by atoms with Gasteiger partial charge in [-0.3, -0.25) is 4.98 Å². The zero-order valence-corrected chi connectivity index (χ0v) is 9.80. The summed E-state index contributed by atoms with van der Waals surface area (Å²) in [4.78, 5) is 17.4. The number of aryl methyl sites for hydroxylation is 2. The maximum Gasteiger partial charge on any atom is 0.150 e. The lowest BCUT2D eigenvalue weighted by atomic mass is 10.4. The average Bonchev–Trinajstić information content (AvgIpc) is 2.81. The second-order valence-electron chi connectivity index (χ2n) is 3.63. The van der Waals surface area contributed by atoms with Crippen molar-refractivity contribution in [3.63, 3.8) is 0 Å². The van der Waals surface area contributed by atoms with Crippen LogP contribution in [0.5, 0.6) is 0 Å². The fourth-order valence-electron chi connectivity index (χ4n) is 1.72. The number of rotatable bonds is 1. The van der Waals surface area contributed by atoms with Gasteiger partial charge in [0.05, 0.1) is 32.8 Å². The van der Waals surface area contributed by atoms with Gasteiger partial charge in [0, 0.05) is 6.20 Å². The summed E-state index contributed by atoms with van der Waals surface area (Å²) < 4.78 is 0. The van der Waals surface area contributed by atoms with Crippen molar-refractivity contribution in [3.8, 4) is 10.7 Å². The quantitative estimate of drug-likeness (QED) is 0.699. The van der Waals surface area contributed by atoms with Gasteiger partial charge >= 0.3 is 0 Å². The van der Waals surface area contributed by atoms with Crippen molar-refractivity contribution in [1.82, 2.24) is 19.9 Å². The fourth-order valence-corrected chi connectivity index (χ4v) is 2.58. The summed E-state index contributed by atoms with van der Waals surface area (Å²) in [6, 6.07) is 1.90. The number of thiazole rings is 1. The first-order valence-corrected chi connectivity index (χ1v) is 5.80. The van der Waals surface area contributed by atoms with Gasteiger partial charge < -0.3 is 4.98 Å². The van der Waals surface area contributed by atoms with Crippen LogP contribution in [0.15, 0.2) is 18.5 Å². The van der Waals surface area contributed by atoms with E-state index in [1.54, 1.807) is 23.7 Å². The Hall–Kier alpha value is -1.75. The maximum absolute atomic E-state index is 4.53. The van der Waals surface area contributed by atoms with Crippen LogP contribution in [0.4, 0.5) is 0 Å². The van der Waals surface area contributed by atoms with E-state index in [1.807, 2.05) is 19.9 Å². The molecule has 0 saturated heterocycles. The van der Waals surface area contributed by atoms with Crippen molar-refractivity contribution in [1.29, 1.82) is 0 Å². The second kappa shape index (κ2) is 3.38. The number of aromatic amines is 1. The molecule has 5 heteroatoms. The van der Waals surface area contributed by atoms with Crippen molar-refractivity contribution in [2.24, 2.45) is 0 Å². The van der Waals surface area contributed by atoms with Gasteiger partial charge in [-0.1, -0.05) is 0 Å². The molecule has 0 bridgehead atoms. The van der Waals surface area contributed by atoms with Crippen LogP contribution in [0.3, 0.4) is 0 Å². The minimum Gasteiger partial charge on any atom is -0.336 e. The van der Waals surface area contributed by atoms with Crippen molar-refractivity contribution >= 4 is 22.4 Å². The molecule has 0 radical (unpaired) electrons. The van der Waals surface area contributed by atoms with Crippen molar-refractivity contribution in [3.05, 3.63) is 29.2 Å². The zero-order chi connectivity index (χ0) is 11.1. The van der Waals surface area contributed by atoms with E-state index in [4.69, 9.17) is 0 Å². The monoisotopic (exact) mass is 230 g/mol. The smallest absolute Gasteiger partial charge is 0.150 e. The first kappa shape index (κ1) is 9.47. The molecule has 0 aliphatic heterocycles. The lowest BCUT2D eigenvalue weighted by molar-refractivity contribution is 1.19. The molecule has 0 unspecified atom stereocenters. The number of aromatic nitrogens is 4. The van der Waals surface area contributed by atoms with Gasteiger partial charge in [-0.15, -0.1) is 11.3 Å². The minimum absolute atomic E-state index is 0.881. The Kier molecular flexibility index (Phi) is 2.00. The Morgan fingerprint density at radius 2 is 2.12 bits per heavy atom. The highest BCUT2D eigenvalue weighted by Crippen LogP contribution is 2.28. The predicted molar refractivity (Wildman–Crippen MR) is 64.5 cm³/mol. The van der Waals surface area contributed by atoms with E-state index in [0.717, 1.165) is 32.4 Å². The van der Waals surface area contributed by atoms with E-state index >= 15 is 0 Å². The number of pyridine rings is 1. The van der Waals surface area contributed by atoms with Crippen LogP contribution >= 0.6 is 11.3 Å². The van der Waals surface area contributed by atoms with Crippen LogP contribution in [-0.4, -0.2) is 19.9 Å². The average molecular weight is 230 g/mol. The molecule has 0 aliphatic carbocycles. The Balaban J connectivity index is 2.22. The van der Waals surface area contributed by atoms with E-state index in [-0.39, 0.29) is 0 Å². The highest BCUT2D eigenvalue weighted by molar-refractivity contribution is 7.15. The molecule has 0 aromatic carbocycles. The summed E-state index contributed by atoms with van der Waals surface area (Å²) in [7, 11) is 0. The van der Waals surface area contributed by atoms with Gasteiger partial charge in [0.2, 0.25) is 0 Å². The minimum atomic E-state index is 0.881. The van der Waals surface area contributed by atoms with Gasteiger partial charge in [0.25, 0.3) is 0 Å². The molecule has 0 spiro atoms. The van der Waals surface area contributed by atoms with Gasteiger partial charge in [-0.2, -0.15) is 0 Å². The number of hydrogen-bond donors (Lipinski definition) is 1. The Bertz CT molecular complexity index is 620. The summed E-state index contributed by atoms with van der Waals surface area (Å²) in [5.41, 5.74) is 2.92. The summed E-state index contributed by atoms with van der Waals surface area (Å²) in [6.45, 7) is 4.01. The van der Waals surface area contributed by atoms with Crippen LogP contribution < -0.4 is 0 Å². The maximum atomic E-state index is 4.53. The molecular formula is C11H10N4S. The van der Waals surface area contributed by atoms with E-state index in [0.29, 0.717) is 0 Å². The van der Waals surface area contributed by atoms with E-state index in [1.165, 1.54) is 0 Å². The third kappa shape index (κ3) is 1.40. The van der Waals surface area contributed by atoms with E-state index in [9.17, 15) is 0 Å². The molecule has 0 atom stereocenters. The van der Waals surface area contributed by atoms with Crippen molar-refractivity contribution in [2.45, 2.75) is 13.8 Å². The first-order chi connectivity index (χ1) is 7.74. The largest absolute Gasteiger partial charge is 0.336 e. The molecule has 1 N–H and O–H groups in total. The number of nitrogens with one attached hydrogen (secondary N) is 1. The molecule has 0 fully saturated rings. The third-order valence-electron chi connectivity index (χ3n) is 2.40. The highest BCUT2D eigenvalue weighted by atomic mass is 32.1. The van der Waals surface area contributed by atoms with Gasteiger partial charge in [0.1, 0.15) is 0 Å². The lowest BCUT2D eigenvalue weighted by Gasteiger charge is -1.90.